The van der Waals surface area contributed by atoms with Gasteiger partial charge in [0.2, 0.25) is 0 Å². The van der Waals surface area contributed by atoms with Crippen LogP contribution in [-0.2, 0) is 0 Å². The summed E-state index contributed by atoms with van der Waals surface area (Å²) < 4.78 is 11.4. The molecule has 0 aliphatic rings. The molecule has 3 nitrogen and oxygen atoms in total. The smallest absolute Gasteiger partial charge is 0.137 e. The topological polar surface area (TPSA) is 23.0 Å². The molecule has 0 amide bonds. The van der Waals surface area contributed by atoms with Crippen molar-refractivity contribution in [1.82, 2.24) is 9.13 Å². The number of para-hydroxylation sites is 3. The molecule has 0 aliphatic heterocycles. The van der Waals surface area contributed by atoms with Gasteiger partial charge in [-0.15, -0.1) is 0 Å². The molecule has 0 spiro atoms. The van der Waals surface area contributed by atoms with Crippen molar-refractivity contribution in [2.24, 2.45) is 0 Å². The minimum absolute atomic E-state index is 0.873. The van der Waals surface area contributed by atoms with Crippen LogP contribution >= 0.6 is 0 Å². The molecule has 8 aromatic carbocycles. The average Bonchev–Trinajstić information content (AvgIpc) is 3.92. The molecule has 0 radical (unpaired) electrons. The molecule has 0 bridgehead atoms. The van der Waals surface area contributed by atoms with Crippen molar-refractivity contribution in [3.8, 4) is 56.1 Å². The van der Waals surface area contributed by atoms with Crippen LogP contribution in [0.5, 0.6) is 0 Å². The van der Waals surface area contributed by atoms with Crippen LogP contribution in [0.1, 0.15) is 0 Å². The number of hydrogen-bond acceptors (Lipinski definition) is 1. The van der Waals surface area contributed by atoms with E-state index in [1.165, 1.54) is 33.0 Å². The minimum Gasteiger partial charge on any atom is -0.456 e. The maximum atomic E-state index is 6.47. The van der Waals surface area contributed by atoms with Gasteiger partial charge in [0.15, 0.2) is 0 Å². The largest absolute Gasteiger partial charge is 0.456 e. The van der Waals surface area contributed by atoms with Crippen molar-refractivity contribution in [2.45, 2.75) is 0 Å². The molecule has 0 saturated heterocycles. The maximum Gasteiger partial charge on any atom is 0.137 e. The Hall–Kier alpha value is -7.36. The fourth-order valence-corrected chi connectivity index (χ4v) is 8.55. The highest BCUT2D eigenvalue weighted by Gasteiger charge is 2.29. The number of nitrogens with zero attached hydrogens (tertiary/aromatic N) is 2. The third kappa shape index (κ3) is 4.98. The molecular weight excluding hydrogens is 669 g/mol. The van der Waals surface area contributed by atoms with Crippen LogP contribution in [-0.4, -0.2) is 9.13 Å². The SMILES string of the molecule is c1ccc(-c2ccc(-n3c(-c4ccccc4)c(-c4c(-c5ccccc5)n(-c5ccc6c(c5)oc5ccccc56)c5ccccc45)c4ccccc43)cc2)cc1. The van der Waals surface area contributed by atoms with Gasteiger partial charge in [-0.25, -0.2) is 0 Å². The zero-order chi connectivity index (χ0) is 36.3. The molecule has 11 rings (SSSR count). The van der Waals surface area contributed by atoms with Crippen molar-refractivity contribution in [1.29, 1.82) is 0 Å². The molecule has 0 fully saturated rings. The van der Waals surface area contributed by atoms with E-state index < -0.39 is 0 Å². The molecule has 258 valence electrons. The summed E-state index contributed by atoms with van der Waals surface area (Å²) in [5.74, 6) is 0. The summed E-state index contributed by atoms with van der Waals surface area (Å²) in [7, 11) is 0. The fourth-order valence-electron chi connectivity index (χ4n) is 8.55. The van der Waals surface area contributed by atoms with Crippen molar-refractivity contribution in [3.63, 3.8) is 0 Å². The lowest BCUT2D eigenvalue weighted by Gasteiger charge is -2.16. The van der Waals surface area contributed by atoms with Crippen LogP contribution < -0.4 is 0 Å². The second kappa shape index (κ2) is 12.6. The second-order valence-corrected chi connectivity index (χ2v) is 14.1. The van der Waals surface area contributed by atoms with E-state index in [1.54, 1.807) is 0 Å². The van der Waals surface area contributed by atoms with Crippen LogP contribution in [0.15, 0.2) is 211 Å². The molecular formula is C52H34N2O. The Morgan fingerprint density at radius 3 is 1.29 bits per heavy atom. The van der Waals surface area contributed by atoms with Gasteiger partial charge in [-0.3, -0.25) is 0 Å². The van der Waals surface area contributed by atoms with E-state index in [4.69, 9.17) is 4.42 Å². The minimum atomic E-state index is 0.873. The molecule has 55 heavy (non-hydrogen) atoms. The van der Waals surface area contributed by atoms with Gasteiger partial charge in [-0.2, -0.15) is 0 Å². The standard InChI is InChI=1S/C52H34N2O/c1-4-16-35(17-5-1)36-28-30-39(31-29-36)53-45-25-13-10-23-43(45)49(51(53)37-18-6-2-7-19-37)50-44-24-11-14-26-46(44)54(52(50)38-20-8-3-9-21-38)40-32-33-42-41-22-12-15-27-47(41)55-48(42)34-40/h1-34H. The van der Waals surface area contributed by atoms with Gasteiger partial charge in [0.25, 0.3) is 0 Å². The summed E-state index contributed by atoms with van der Waals surface area (Å²) in [5.41, 5.74) is 15.6. The number of furan rings is 1. The van der Waals surface area contributed by atoms with Crippen molar-refractivity contribution in [3.05, 3.63) is 206 Å². The summed E-state index contributed by atoms with van der Waals surface area (Å²) in [6.45, 7) is 0. The van der Waals surface area contributed by atoms with Gasteiger partial charge in [-0.1, -0.05) is 158 Å². The Morgan fingerprint density at radius 1 is 0.291 bits per heavy atom. The average molecular weight is 703 g/mol. The molecule has 3 aromatic heterocycles. The van der Waals surface area contributed by atoms with E-state index in [1.807, 2.05) is 12.1 Å². The molecule has 0 unspecified atom stereocenters. The van der Waals surface area contributed by atoms with Crippen molar-refractivity contribution >= 4 is 43.7 Å². The highest BCUT2D eigenvalue weighted by atomic mass is 16.3. The van der Waals surface area contributed by atoms with E-state index in [2.05, 4.69) is 203 Å². The number of benzene rings is 8. The quantitative estimate of drug-likeness (QED) is 0.169. The Labute approximate surface area is 318 Å². The van der Waals surface area contributed by atoms with Crippen LogP contribution in [0, 0.1) is 0 Å². The zero-order valence-corrected chi connectivity index (χ0v) is 29.9. The van der Waals surface area contributed by atoms with Gasteiger partial charge in [0, 0.05) is 50.1 Å². The Bertz CT molecular complexity index is 3170. The van der Waals surface area contributed by atoms with Gasteiger partial charge in [0.05, 0.1) is 22.4 Å². The highest BCUT2D eigenvalue weighted by Crippen LogP contribution is 2.50. The Balaban J connectivity index is 1.26. The van der Waals surface area contributed by atoms with Crippen LogP contribution in [0.3, 0.4) is 0 Å². The van der Waals surface area contributed by atoms with E-state index in [-0.39, 0.29) is 0 Å². The monoisotopic (exact) mass is 702 g/mol. The predicted molar refractivity (Wildman–Crippen MR) is 229 cm³/mol. The zero-order valence-electron chi connectivity index (χ0n) is 29.9. The molecule has 0 saturated carbocycles. The molecule has 3 heteroatoms. The van der Waals surface area contributed by atoms with E-state index in [0.717, 1.165) is 66.9 Å². The van der Waals surface area contributed by atoms with E-state index in [9.17, 15) is 0 Å². The molecule has 11 aromatic rings. The third-order valence-electron chi connectivity index (χ3n) is 10.9. The first-order chi connectivity index (χ1) is 27.3. The predicted octanol–water partition coefficient (Wildman–Crippen LogP) is 14.1. The van der Waals surface area contributed by atoms with Gasteiger partial charge in [0.1, 0.15) is 11.2 Å². The number of aromatic nitrogens is 2. The number of rotatable bonds is 6. The lowest BCUT2D eigenvalue weighted by atomic mass is 9.93. The van der Waals surface area contributed by atoms with Gasteiger partial charge < -0.3 is 13.6 Å². The molecule has 0 atom stereocenters. The van der Waals surface area contributed by atoms with Crippen LogP contribution in [0.25, 0.3) is 99.9 Å². The van der Waals surface area contributed by atoms with Crippen molar-refractivity contribution in [2.75, 3.05) is 0 Å². The summed E-state index contributed by atoms with van der Waals surface area (Å²) in [6.07, 6.45) is 0. The lowest BCUT2D eigenvalue weighted by molar-refractivity contribution is 0.668. The van der Waals surface area contributed by atoms with Gasteiger partial charge >= 0.3 is 0 Å². The summed E-state index contributed by atoms with van der Waals surface area (Å²) in [4.78, 5) is 0. The number of hydrogen-bond donors (Lipinski definition) is 0. The Kier molecular flexibility index (Phi) is 7.17. The molecule has 3 heterocycles. The first-order valence-corrected chi connectivity index (χ1v) is 18.8. The first-order valence-electron chi connectivity index (χ1n) is 18.8. The fraction of sp³-hybridized carbons (Fsp3) is 0. The first kappa shape index (κ1) is 31.2. The number of fused-ring (bicyclic) bond motifs is 5. The Morgan fingerprint density at radius 2 is 0.709 bits per heavy atom. The van der Waals surface area contributed by atoms with Gasteiger partial charge in [-0.05, 0) is 64.7 Å². The van der Waals surface area contributed by atoms with Crippen molar-refractivity contribution < 1.29 is 4.42 Å². The highest BCUT2D eigenvalue weighted by molar-refractivity contribution is 6.16. The van der Waals surface area contributed by atoms with E-state index in [0.29, 0.717) is 0 Å². The summed E-state index contributed by atoms with van der Waals surface area (Å²) in [5, 5.41) is 4.62. The second-order valence-electron chi connectivity index (χ2n) is 14.1. The third-order valence-corrected chi connectivity index (χ3v) is 10.9. The summed E-state index contributed by atoms with van der Waals surface area (Å²) in [6, 6.07) is 73.9. The summed E-state index contributed by atoms with van der Waals surface area (Å²) >= 11 is 0. The maximum absolute atomic E-state index is 6.47. The van der Waals surface area contributed by atoms with Crippen LogP contribution in [0.4, 0.5) is 0 Å². The molecule has 0 N–H and O–H groups in total. The van der Waals surface area contributed by atoms with Crippen LogP contribution in [0.2, 0.25) is 0 Å². The molecule has 0 aliphatic carbocycles. The lowest BCUT2D eigenvalue weighted by Crippen LogP contribution is -1.99. The normalized spacial score (nSPS) is 11.6. The van der Waals surface area contributed by atoms with E-state index >= 15 is 0 Å².